The maximum atomic E-state index is 13.6. The van der Waals surface area contributed by atoms with Crippen molar-refractivity contribution in [2.45, 2.75) is 32.2 Å². The minimum atomic E-state index is -0.660. The van der Waals surface area contributed by atoms with Gasteiger partial charge in [0.2, 0.25) is 11.8 Å². The molecule has 2 aromatic rings. The fourth-order valence-corrected chi connectivity index (χ4v) is 3.59. The molecule has 4 rings (SSSR count). The van der Waals surface area contributed by atoms with Crippen LogP contribution in [0, 0.1) is 24.5 Å². The summed E-state index contributed by atoms with van der Waals surface area (Å²) >= 11 is 0. The number of nitrogens with zero attached hydrogens (tertiary/aromatic N) is 5. The van der Waals surface area contributed by atoms with E-state index in [2.05, 4.69) is 15.3 Å². The number of aromatic nitrogens is 2. The summed E-state index contributed by atoms with van der Waals surface area (Å²) in [7, 11) is 0. The van der Waals surface area contributed by atoms with Gasteiger partial charge in [0, 0.05) is 44.6 Å². The maximum Gasteiger partial charge on any atom is 0.318 e. The normalized spacial score (nSPS) is 20.5. The van der Waals surface area contributed by atoms with E-state index < -0.39 is 17.7 Å². The second-order valence-electron chi connectivity index (χ2n) is 6.80. The van der Waals surface area contributed by atoms with Crippen LogP contribution < -0.4 is 4.90 Å². The Bertz CT molecular complexity index is 856. The molecule has 0 N–H and O–H groups in total. The molecule has 2 aliphatic heterocycles. The number of benzene rings is 1. The van der Waals surface area contributed by atoms with Crippen LogP contribution in [0.5, 0.6) is 0 Å². The van der Waals surface area contributed by atoms with Crippen LogP contribution in [0.4, 0.5) is 14.8 Å². The Labute approximate surface area is 154 Å². The number of hydrazone groups is 1. The first-order chi connectivity index (χ1) is 13.0. The molecule has 1 aromatic carbocycles. The predicted molar refractivity (Wildman–Crippen MR) is 93.0 cm³/mol. The number of carbonyl (C=O) groups is 1. The van der Waals surface area contributed by atoms with Crippen LogP contribution in [0.3, 0.4) is 0 Å². The molecule has 0 bridgehead atoms. The highest BCUT2D eigenvalue weighted by atomic mass is 19.1. The van der Waals surface area contributed by atoms with E-state index in [1.54, 1.807) is 13.1 Å². The Kier molecular flexibility index (Phi) is 4.59. The molecule has 1 amide bonds. The summed E-state index contributed by atoms with van der Waals surface area (Å²) in [5.41, 5.74) is 0.414. The zero-order chi connectivity index (χ0) is 19.0. The first-order valence-corrected chi connectivity index (χ1v) is 8.88. The zero-order valence-electron chi connectivity index (χ0n) is 14.8. The van der Waals surface area contributed by atoms with Crippen molar-refractivity contribution in [1.29, 1.82) is 0 Å². The quantitative estimate of drug-likeness (QED) is 0.825. The monoisotopic (exact) mass is 375 g/mol. The van der Waals surface area contributed by atoms with Crippen molar-refractivity contribution in [3.8, 4) is 0 Å². The molecule has 0 unspecified atom stereocenters. The molecule has 1 saturated heterocycles. The fraction of sp³-hybridized carbons (Fsp3) is 0.444. The van der Waals surface area contributed by atoms with Crippen LogP contribution in [0.1, 0.15) is 36.8 Å². The number of amides is 1. The molecule has 3 heterocycles. The lowest BCUT2D eigenvalue weighted by molar-refractivity contribution is -0.138. The molecule has 1 aromatic heterocycles. The van der Waals surface area contributed by atoms with Crippen molar-refractivity contribution >= 4 is 18.1 Å². The minimum Gasteiger partial charge on any atom is -0.408 e. The molecule has 1 fully saturated rings. The van der Waals surface area contributed by atoms with E-state index in [9.17, 15) is 13.6 Å². The van der Waals surface area contributed by atoms with Gasteiger partial charge in [-0.2, -0.15) is 5.10 Å². The van der Waals surface area contributed by atoms with Crippen LogP contribution >= 0.6 is 0 Å². The van der Waals surface area contributed by atoms with E-state index in [1.165, 1.54) is 17.1 Å². The largest absolute Gasteiger partial charge is 0.408 e. The molecule has 142 valence electrons. The van der Waals surface area contributed by atoms with Crippen molar-refractivity contribution in [2.75, 3.05) is 18.0 Å². The Balaban J connectivity index is 1.44. The van der Waals surface area contributed by atoms with E-state index in [0.717, 1.165) is 6.07 Å². The summed E-state index contributed by atoms with van der Waals surface area (Å²) in [5.74, 6) is -1.15. The molecule has 27 heavy (non-hydrogen) atoms. The lowest BCUT2D eigenvalue weighted by Gasteiger charge is -2.32. The Morgan fingerprint density at radius 3 is 2.48 bits per heavy atom. The van der Waals surface area contributed by atoms with E-state index in [-0.39, 0.29) is 11.8 Å². The summed E-state index contributed by atoms with van der Waals surface area (Å²) < 4.78 is 32.6. The number of hydrogen-bond donors (Lipinski definition) is 0. The number of halogens is 2. The van der Waals surface area contributed by atoms with Crippen LogP contribution in [0.2, 0.25) is 0 Å². The van der Waals surface area contributed by atoms with Crippen LogP contribution in [0.15, 0.2) is 27.7 Å². The van der Waals surface area contributed by atoms with Gasteiger partial charge in [-0.05, 0) is 30.5 Å². The second kappa shape index (κ2) is 7.05. The third-order valence-electron chi connectivity index (χ3n) is 4.96. The zero-order valence-corrected chi connectivity index (χ0v) is 14.8. The number of hydrogen-bond acceptors (Lipinski definition) is 6. The third kappa shape index (κ3) is 3.54. The summed E-state index contributed by atoms with van der Waals surface area (Å²) in [4.78, 5) is 14.9. The molecular weight excluding hydrogens is 356 g/mol. The number of rotatable bonds is 3. The molecule has 0 aliphatic carbocycles. The van der Waals surface area contributed by atoms with Gasteiger partial charge in [0.25, 0.3) is 0 Å². The van der Waals surface area contributed by atoms with Crippen LogP contribution in [-0.4, -0.2) is 40.4 Å². The van der Waals surface area contributed by atoms with Crippen LogP contribution in [-0.2, 0) is 4.79 Å². The highest BCUT2D eigenvalue weighted by Crippen LogP contribution is 2.33. The second-order valence-corrected chi connectivity index (χ2v) is 6.80. The molecule has 2 aliphatic rings. The highest BCUT2D eigenvalue weighted by molar-refractivity contribution is 5.82. The lowest BCUT2D eigenvalue weighted by atomic mass is 9.94. The van der Waals surface area contributed by atoms with E-state index in [0.29, 0.717) is 49.8 Å². The van der Waals surface area contributed by atoms with E-state index >= 15 is 0 Å². The standard InChI is InChI=1S/C18H19F2N5O2/c1-11-22-23-18(27-11)24-6-3-12(4-7-24)17(26)25-16(2-5-21-25)13-8-14(19)10-15(20)9-13/h5,8-10,12,16H,2-4,6-7H2,1H3/t16-/m0/s1. The van der Waals surface area contributed by atoms with Gasteiger partial charge in [-0.25, -0.2) is 13.8 Å². The Hall–Kier alpha value is -2.84. The minimum absolute atomic E-state index is 0.125. The van der Waals surface area contributed by atoms with Crippen molar-refractivity contribution in [1.82, 2.24) is 15.2 Å². The molecule has 1 atom stereocenters. The Morgan fingerprint density at radius 2 is 1.85 bits per heavy atom. The van der Waals surface area contributed by atoms with Gasteiger partial charge >= 0.3 is 6.01 Å². The summed E-state index contributed by atoms with van der Waals surface area (Å²) in [5, 5.41) is 13.4. The topological polar surface area (TPSA) is 74.8 Å². The lowest BCUT2D eigenvalue weighted by Crippen LogP contribution is -2.41. The Morgan fingerprint density at radius 1 is 1.15 bits per heavy atom. The molecule has 0 radical (unpaired) electrons. The van der Waals surface area contributed by atoms with Crippen molar-refractivity contribution < 1.29 is 18.0 Å². The summed E-state index contributed by atoms with van der Waals surface area (Å²) in [6, 6.07) is 3.32. The number of anilines is 1. The average Bonchev–Trinajstić information content (AvgIpc) is 3.29. The predicted octanol–water partition coefficient (Wildman–Crippen LogP) is 2.83. The average molecular weight is 375 g/mol. The third-order valence-corrected chi connectivity index (χ3v) is 4.96. The number of aryl methyl sites for hydroxylation is 1. The van der Waals surface area contributed by atoms with Gasteiger partial charge in [-0.3, -0.25) is 4.79 Å². The van der Waals surface area contributed by atoms with Crippen molar-refractivity contribution in [3.05, 3.63) is 41.3 Å². The first-order valence-electron chi connectivity index (χ1n) is 8.88. The van der Waals surface area contributed by atoms with Gasteiger partial charge in [0.15, 0.2) is 0 Å². The van der Waals surface area contributed by atoms with Crippen molar-refractivity contribution in [2.24, 2.45) is 11.0 Å². The van der Waals surface area contributed by atoms with Gasteiger partial charge < -0.3 is 9.32 Å². The molecular formula is C18H19F2N5O2. The summed E-state index contributed by atoms with van der Waals surface area (Å²) in [6.45, 7) is 2.97. The van der Waals surface area contributed by atoms with E-state index in [4.69, 9.17) is 4.42 Å². The molecule has 7 nitrogen and oxygen atoms in total. The molecule has 0 saturated carbocycles. The number of carbonyl (C=O) groups excluding carboxylic acids is 1. The summed E-state index contributed by atoms with van der Waals surface area (Å²) in [6.07, 6.45) is 3.30. The van der Waals surface area contributed by atoms with E-state index in [1.807, 2.05) is 4.90 Å². The molecule has 0 spiro atoms. The fourth-order valence-electron chi connectivity index (χ4n) is 3.59. The van der Waals surface area contributed by atoms with Crippen LogP contribution in [0.25, 0.3) is 0 Å². The molecule has 9 heteroatoms. The van der Waals surface area contributed by atoms with Gasteiger partial charge in [-0.1, -0.05) is 5.10 Å². The van der Waals surface area contributed by atoms with Gasteiger partial charge in [-0.15, -0.1) is 5.10 Å². The first kappa shape index (κ1) is 17.6. The van der Waals surface area contributed by atoms with Gasteiger partial charge in [0.05, 0.1) is 6.04 Å². The maximum absolute atomic E-state index is 13.6. The highest BCUT2D eigenvalue weighted by Gasteiger charge is 2.35. The van der Waals surface area contributed by atoms with Gasteiger partial charge in [0.1, 0.15) is 11.6 Å². The smallest absolute Gasteiger partial charge is 0.318 e. The number of piperidine rings is 1. The van der Waals surface area contributed by atoms with Crippen molar-refractivity contribution in [3.63, 3.8) is 0 Å². The SMILES string of the molecule is Cc1nnc(N2CCC(C(=O)N3N=CC[C@H]3c3cc(F)cc(F)c3)CC2)o1.